The van der Waals surface area contributed by atoms with Gasteiger partial charge in [0.25, 0.3) is 0 Å². The summed E-state index contributed by atoms with van der Waals surface area (Å²) in [5.41, 5.74) is 1.85. The number of aliphatic hydroxyl groups is 5. The van der Waals surface area contributed by atoms with E-state index in [1.807, 2.05) is 0 Å². The van der Waals surface area contributed by atoms with Gasteiger partial charge in [-0.2, -0.15) is 0 Å². The lowest BCUT2D eigenvalue weighted by Crippen LogP contribution is -2.64. The molecule has 4 heterocycles. The monoisotopic (exact) mass is 692 g/mol. The molecule has 6 fully saturated rings. The number of rotatable bonds is 7. The first-order chi connectivity index (χ1) is 23.3. The smallest absolute Gasteiger partial charge is 0.331 e. The van der Waals surface area contributed by atoms with Crippen molar-refractivity contribution in [2.24, 2.45) is 22.7 Å². The summed E-state index contributed by atoms with van der Waals surface area (Å²) in [6.45, 7) is 6.30. The second-order valence-corrected chi connectivity index (χ2v) is 16.3. The van der Waals surface area contributed by atoms with Gasteiger partial charge in [0.1, 0.15) is 60.5 Å². The quantitative estimate of drug-likeness (QED) is 0.145. The number of fused-ring (bicyclic) bond motifs is 2. The van der Waals surface area contributed by atoms with Crippen molar-refractivity contribution < 1.29 is 63.5 Å². The normalized spacial score (nSPS) is 55.0. The number of carbonyl (C=O) groups is 1. The molecule has 0 aromatic heterocycles. The highest BCUT2D eigenvalue weighted by molar-refractivity contribution is 5.87. The highest BCUT2D eigenvalue weighted by atomic mass is 16.7. The van der Waals surface area contributed by atoms with Crippen LogP contribution < -0.4 is 0 Å². The Balaban J connectivity index is 0.917. The van der Waals surface area contributed by atoms with Crippen molar-refractivity contribution in [2.45, 2.75) is 151 Å². The maximum absolute atomic E-state index is 11.9. The molecule has 274 valence electrons. The second-order valence-electron chi connectivity index (χ2n) is 16.3. The van der Waals surface area contributed by atoms with Crippen molar-refractivity contribution in [3.63, 3.8) is 0 Å². The average molecular weight is 693 g/mol. The zero-order chi connectivity index (χ0) is 34.7. The Labute approximate surface area is 286 Å². The van der Waals surface area contributed by atoms with E-state index in [2.05, 4.69) is 19.9 Å². The van der Waals surface area contributed by atoms with Crippen LogP contribution in [-0.4, -0.2) is 131 Å². The van der Waals surface area contributed by atoms with Crippen molar-refractivity contribution in [3.05, 3.63) is 23.3 Å². The first-order valence-electron chi connectivity index (χ1n) is 18.1. The van der Waals surface area contributed by atoms with Crippen LogP contribution in [-0.2, 0) is 38.0 Å². The van der Waals surface area contributed by atoms with Gasteiger partial charge in [0.2, 0.25) is 0 Å². The van der Waals surface area contributed by atoms with E-state index in [0.717, 1.165) is 56.9 Å². The minimum Gasteiger partial charge on any atom is -0.458 e. The standard InChI is InChI=1S/C36H52O13/c1-17-29(48-31-27(41)26(40)25(39)22(15-37)47-31)30(43-4)28(42)32(45-17)46-20-6-9-33(2)19(14-20)5-11-35-23(33)8-10-34(3)21(7-12-36(34,35)49-35)18-13-24(38)44-16-18/h7,13,17,19-20,22-23,25-32,37,39-42H,5-6,8-12,14-16H2,1-4H3/t17-,19-,20+,22-,23-,25-,26+,27-,28-,29+,30+,31+,32+,33+,34-,35+,36-/m1/s1. The third-order valence-electron chi connectivity index (χ3n) is 14.2. The summed E-state index contributed by atoms with van der Waals surface area (Å²) in [4.78, 5) is 11.9. The molecule has 17 atom stereocenters. The summed E-state index contributed by atoms with van der Waals surface area (Å²) < 4.78 is 42.2. The van der Waals surface area contributed by atoms with Crippen LogP contribution in [0.2, 0.25) is 0 Å². The summed E-state index contributed by atoms with van der Waals surface area (Å²) in [6.07, 6.45) is -0.346. The van der Waals surface area contributed by atoms with E-state index in [0.29, 0.717) is 18.4 Å². The minimum atomic E-state index is -1.59. The number of methoxy groups -OCH3 is 1. The van der Waals surface area contributed by atoms with Gasteiger partial charge < -0.3 is 58.7 Å². The maximum Gasteiger partial charge on any atom is 0.331 e. The number of cyclic esters (lactones) is 1. The second kappa shape index (κ2) is 12.0. The van der Waals surface area contributed by atoms with Gasteiger partial charge in [-0.25, -0.2) is 4.79 Å². The number of ether oxygens (including phenoxy) is 7. The number of hydrogen-bond acceptors (Lipinski definition) is 13. The minimum absolute atomic E-state index is 0.0934. The van der Waals surface area contributed by atoms with Crippen LogP contribution in [0.4, 0.5) is 0 Å². The molecular formula is C36H52O13. The Morgan fingerprint density at radius 2 is 1.69 bits per heavy atom. The van der Waals surface area contributed by atoms with E-state index in [4.69, 9.17) is 33.2 Å². The molecule has 5 N–H and O–H groups in total. The molecule has 0 unspecified atom stereocenters. The van der Waals surface area contributed by atoms with Crippen LogP contribution >= 0.6 is 0 Å². The van der Waals surface area contributed by atoms with Gasteiger partial charge in [-0.05, 0) is 81.1 Å². The number of hydrogen-bond donors (Lipinski definition) is 5. The first-order valence-corrected chi connectivity index (χ1v) is 18.1. The SMILES string of the molecule is CO[C@H]1[C@@H](O)[C@H](O[C@H]2CC[C@@]3(C)[C@H](CC[C@@]45O[C@@]46CC=C(C4=CC(=O)OC4)[C@@]6(C)CC[C@H]35)C2)O[C@H](C)[C@@H]1O[C@@H]1O[C@H](CO)[C@@H](O)[C@H](O)[C@H]1O. The van der Waals surface area contributed by atoms with Crippen molar-refractivity contribution in [1.29, 1.82) is 0 Å². The molecule has 13 nitrogen and oxygen atoms in total. The summed E-state index contributed by atoms with van der Waals surface area (Å²) in [5.74, 6) is 0.612. The molecule has 49 heavy (non-hydrogen) atoms. The van der Waals surface area contributed by atoms with Crippen LogP contribution in [0, 0.1) is 22.7 Å². The van der Waals surface area contributed by atoms with E-state index >= 15 is 0 Å². The third-order valence-corrected chi connectivity index (χ3v) is 14.2. The van der Waals surface area contributed by atoms with Crippen molar-refractivity contribution in [3.8, 4) is 0 Å². The highest BCUT2D eigenvalue weighted by Gasteiger charge is 2.85. The lowest BCUT2D eigenvalue weighted by molar-refractivity contribution is -0.362. The molecule has 8 rings (SSSR count). The van der Waals surface area contributed by atoms with Crippen LogP contribution in [0.5, 0.6) is 0 Å². The third kappa shape index (κ3) is 4.87. The largest absolute Gasteiger partial charge is 0.458 e. The summed E-state index contributed by atoms with van der Waals surface area (Å²) in [5, 5.41) is 51.9. The van der Waals surface area contributed by atoms with Crippen LogP contribution in [0.25, 0.3) is 0 Å². The lowest BCUT2D eigenvalue weighted by Gasteiger charge is -2.58. The predicted molar refractivity (Wildman–Crippen MR) is 168 cm³/mol. The van der Waals surface area contributed by atoms with Gasteiger partial charge in [0.05, 0.1) is 18.8 Å². The Hall–Kier alpha value is -1.49. The van der Waals surface area contributed by atoms with Gasteiger partial charge in [0, 0.05) is 24.2 Å². The highest BCUT2D eigenvalue weighted by Crippen LogP contribution is 2.80. The van der Waals surface area contributed by atoms with E-state index in [9.17, 15) is 30.3 Å². The van der Waals surface area contributed by atoms with Crippen molar-refractivity contribution >= 4 is 5.97 Å². The Morgan fingerprint density at radius 1 is 0.918 bits per heavy atom. The lowest BCUT2D eigenvalue weighted by atomic mass is 9.44. The predicted octanol–water partition coefficient (Wildman–Crippen LogP) is 1.02. The van der Waals surface area contributed by atoms with Gasteiger partial charge >= 0.3 is 5.97 Å². The molecule has 3 saturated heterocycles. The van der Waals surface area contributed by atoms with Crippen LogP contribution in [0.15, 0.2) is 23.3 Å². The van der Waals surface area contributed by atoms with Gasteiger partial charge in [-0.1, -0.05) is 19.9 Å². The Kier molecular flexibility index (Phi) is 8.49. The number of carbonyl (C=O) groups excluding carboxylic acids is 1. The molecule has 0 bridgehead atoms. The molecule has 2 spiro atoms. The first kappa shape index (κ1) is 34.6. The Morgan fingerprint density at radius 3 is 2.41 bits per heavy atom. The fraction of sp³-hybridized carbons (Fsp3) is 0.861. The summed E-state index contributed by atoms with van der Waals surface area (Å²) >= 11 is 0. The molecule has 4 aliphatic carbocycles. The fourth-order valence-electron chi connectivity index (χ4n) is 11.5. The van der Waals surface area contributed by atoms with Crippen LogP contribution in [0.1, 0.15) is 72.1 Å². The van der Waals surface area contributed by atoms with Crippen molar-refractivity contribution in [1.82, 2.24) is 0 Å². The number of epoxide rings is 1. The van der Waals surface area contributed by atoms with Gasteiger partial charge in [-0.15, -0.1) is 0 Å². The topological polar surface area (TPSA) is 186 Å². The van der Waals surface area contributed by atoms with E-state index in [1.165, 1.54) is 12.7 Å². The molecule has 0 aromatic rings. The zero-order valence-corrected chi connectivity index (χ0v) is 28.7. The fourth-order valence-corrected chi connectivity index (χ4v) is 11.5. The Bertz CT molecular complexity index is 1380. The zero-order valence-electron chi connectivity index (χ0n) is 28.7. The molecular weight excluding hydrogens is 640 g/mol. The maximum atomic E-state index is 11.9. The molecule has 0 radical (unpaired) electrons. The molecule has 0 aromatic carbocycles. The average Bonchev–Trinajstić information content (AvgIpc) is 3.39. The summed E-state index contributed by atoms with van der Waals surface area (Å²) in [6, 6.07) is 0. The van der Waals surface area contributed by atoms with Crippen molar-refractivity contribution in [2.75, 3.05) is 20.3 Å². The van der Waals surface area contributed by atoms with E-state index in [1.54, 1.807) is 13.0 Å². The number of aliphatic hydroxyl groups excluding tert-OH is 5. The molecule has 0 amide bonds. The van der Waals surface area contributed by atoms with Gasteiger partial charge in [-0.3, -0.25) is 0 Å². The van der Waals surface area contributed by atoms with E-state index in [-0.39, 0.29) is 34.1 Å². The molecule has 4 aliphatic heterocycles. The summed E-state index contributed by atoms with van der Waals surface area (Å²) in [7, 11) is 1.44. The van der Waals surface area contributed by atoms with Gasteiger partial charge in [0.15, 0.2) is 12.6 Å². The molecule has 13 heteroatoms. The van der Waals surface area contributed by atoms with E-state index < -0.39 is 68.0 Å². The number of esters is 1. The molecule has 8 aliphatic rings. The molecule has 3 saturated carbocycles. The van der Waals surface area contributed by atoms with Crippen LogP contribution in [0.3, 0.4) is 0 Å².